The number of likely N-dealkylation sites (tertiary alicyclic amines) is 1. The average molecular weight is 448 g/mol. The van der Waals surface area contributed by atoms with Gasteiger partial charge >= 0.3 is 6.03 Å². The molecule has 2 aliphatic heterocycles. The predicted molar refractivity (Wildman–Crippen MR) is 130 cm³/mol. The zero-order chi connectivity index (χ0) is 22.8. The standard InChI is InChI=1S/C26H33N5O2/c1-18-6-5-7-21-9-13-28-25(24(18)21)31(22-8-3-4-12-27-17-22)26(32)30-14-10-20(11-15-30)23-16-19(2)29-33-23/h5-7,9,13,16,20,22,27H,3-4,8,10-12,14-15,17H2,1-2H3/t22-/m1/s1. The molecule has 5 rings (SSSR count). The number of nitrogens with zero attached hydrogens (tertiary/aromatic N) is 4. The third-order valence-electron chi connectivity index (χ3n) is 7.11. The minimum absolute atomic E-state index is 0.0687. The summed E-state index contributed by atoms with van der Waals surface area (Å²) >= 11 is 0. The van der Waals surface area contributed by atoms with Crippen LogP contribution in [0.25, 0.3) is 10.8 Å². The van der Waals surface area contributed by atoms with Gasteiger partial charge in [-0.2, -0.15) is 0 Å². The number of hydrogen-bond donors (Lipinski definition) is 1. The van der Waals surface area contributed by atoms with Crippen LogP contribution in [0.1, 0.15) is 55.0 Å². The zero-order valence-electron chi connectivity index (χ0n) is 19.6. The molecule has 0 spiro atoms. The topological polar surface area (TPSA) is 74.5 Å². The highest BCUT2D eigenvalue weighted by atomic mass is 16.5. The molecule has 1 aromatic carbocycles. The zero-order valence-corrected chi connectivity index (χ0v) is 19.6. The van der Waals surface area contributed by atoms with Crippen LogP contribution in [0.15, 0.2) is 41.1 Å². The fraction of sp³-hybridized carbons (Fsp3) is 0.500. The van der Waals surface area contributed by atoms with E-state index in [1.54, 1.807) is 0 Å². The lowest BCUT2D eigenvalue weighted by Crippen LogP contribution is -2.53. The molecule has 4 heterocycles. The van der Waals surface area contributed by atoms with Crippen LogP contribution in [-0.4, -0.2) is 53.3 Å². The summed E-state index contributed by atoms with van der Waals surface area (Å²) in [5.74, 6) is 2.05. The Morgan fingerprint density at radius 3 is 2.79 bits per heavy atom. The Balaban J connectivity index is 1.45. The lowest BCUT2D eigenvalue weighted by atomic mass is 9.94. The van der Waals surface area contributed by atoms with Gasteiger partial charge in [0.25, 0.3) is 0 Å². The second-order valence-corrected chi connectivity index (χ2v) is 9.45. The van der Waals surface area contributed by atoms with Crippen molar-refractivity contribution in [1.82, 2.24) is 20.4 Å². The molecule has 1 N–H and O–H groups in total. The van der Waals surface area contributed by atoms with Crippen LogP contribution in [0.3, 0.4) is 0 Å². The fourth-order valence-corrected chi connectivity index (χ4v) is 5.29. The van der Waals surface area contributed by atoms with Gasteiger partial charge in [-0.3, -0.25) is 4.90 Å². The Bertz CT molecular complexity index is 1110. The number of pyridine rings is 1. The number of rotatable bonds is 3. The molecule has 174 valence electrons. The van der Waals surface area contributed by atoms with E-state index >= 15 is 0 Å². The van der Waals surface area contributed by atoms with Crippen molar-refractivity contribution in [3.05, 3.63) is 53.5 Å². The predicted octanol–water partition coefficient (Wildman–Crippen LogP) is 4.79. The van der Waals surface area contributed by atoms with Crippen molar-refractivity contribution in [2.75, 3.05) is 31.1 Å². The van der Waals surface area contributed by atoms with E-state index in [0.717, 1.165) is 78.8 Å². The molecule has 2 saturated heterocycles. The number of piperidine rings is 1. The number of hydrogen-bond acceptors (Lipinski definition) is 5. The third kappa shape index (κ3) is 4.47. The van der Waals surface area contributed by atoms with Gasteiger partial charge < -0.3 is 14.7 Å². The first-order chi connectivity index (χ1) is 16.1. The monoisotopic (exact) mass is 447 g/mol. The van der Waals surface area contributed by atoms with Crippen LogP contribution in [0.4, 0.5) is 10.6 Å². The van der Waals surface area contributed by atoms with Crippen molar-refractivity contribution in [3.63, 3.8) is 0 Å². The molecule has 0 unspecified atom stereocenters. The van der Waals surface area contributed by atoms with Crippen molar-refractivity contribution in [2.45, 2.75) is 57.9 Å². The first-order valence-corrected chi connectivity index (χ1v) is 12.2. The van der Waals surface area contributed by atoms with Crippen LogP contribution in [-0.2, 0) is 0 Å². The van der Waals surface area contributed by atoms with E-state index in [2.05, 4.69) is 35.6 Å². The van der Waals surface area contributed by atoms with Crippen LogP contribution in [0.5, 0.6) is 0 Å². The van der Waals surface area contributed by atoms with Crippen molar-refractivity contribution in [1.29, 1.82) is 0 Å². The molecule has 2 aliphatic rings. The van der Waals surface area contributed by atoms with Gasteiger partial charge in [-0.1, -0.05) is 29.8 Å². The van der Waals surface area contributed by atoms with Crippen molar-refractivity contribution < 1.29 is 9.32 Å². The number of fused-ring (bicyclic) bond motifs is 1. The van der Waals surface area contributed by atoms with Crippen molar-refractivity contribution in [2.24, 2.45) is 0 Å². The average Bonchev–Trinajstić information content (AvgIpc) is 3.09. The number of urea groups is 1. The maximum atomic E-state index is 14.1. The fourth-order valence-electron chi connectivity index (χ4n) is 5.29. The van der Waals surface area contributed by atoms with Gasteiger partial charge in [0.1, 0.15) is 11.6 Å². The van der Waals surface area contributed by atoms with E-state index in [1.807, 2.05) is 35.1 Å². The molecule has 7 heteroatoms. The molecule has 33 heavy (non-hydrogen) atoms. The van der Waals surface area contributed by atoms with E-state index in [1.165, 1.54) is 0 Å². The van der Waals surface area contributed by atoms with Gasteiger partial charge in [0, 0.05) is 43.2 Å². The summed E-state index contributed by atoms with van der Waals surface area (Å²) in [4.78, 5) is 22.8. The molecular formula is C26H33N5O2. The quantitative estimate of drug-likeness (QED) is 0.625. The Morgan fingerprint density at radius 2 is 2.00 bits per heavy atom. The summed E-state index contributed by atoms with van der Waals surface area (Å²) in [5.41, 5.74) is 2.06. The van der Waals surface area contributed by atoms with Crippen LogP contribution in [0.2, 0.25) is 0 Å². The normalized spacial score (nSPS) is 20.1. The highest BCUT2D eigenvalue weighted by molar-refractivity contribution is 6.03. The summed E-state index contributed by atoms with van der Waals surface area (Å²) in [6.45, 7) is 7.27. The molecule has 2 fully saturated rings. The van der Waals surface area contributed by atoms with E-state index in [4.69, 9.17) is 9.51 Å². The number of aromatic nitrogens is 2. The van der Waals surface area contributed by atoms with E-state index in [0.29, 0.717) is 19.0 Å². The number of benzene rings is 1. The minimum atomic E-state index is 0.0687. The van der Waals surface area contributed by atoms with E-state index in [9.17, 15) is 4.79 Å². The Labute approximate surface area is 195 Å². The Hall–Kier alpha value is -2.93. The summed E-state index contributed by atoms with van der Waals surface area (Å²) in [7, 11) is 0. The first-order valence-electron chi connectivity index (χ1n) is 12.2. The molecule has 0 radical (unpaired) electrons. The second kappa shape index (κ2) is 9.51. The van der Waals surface area contributed by atoms with Gasteiger partial charge in [-0.25, -0.2) is 9.78 Å². The number of nitrogens with one attached hydrogen (secondary N) is 1. The Morgan fingerprint density at radius 1 is 1.15 bits per heavy atom. The maximum absolute atomic E-state index is 14.1. The summed E-state index contributed by atoms with van der Waals surface area (Å²) in [6, 6.07) is 10.5. The highest BCUT2D eigenvalue weighted by Crippen LogP contribution is 2.33. The summed E-state index contributed by atoms with van der Waals surface area (Å²) in [5, 5.41) is 9.78. The van der Waals surface area contributed by atoms with Gasteiger partial charge in [-0.05, 0) is 63.1 Å². The number of carbonyl (C=O) groups is 1. The van der Waals surface area contributed by atoms with Crippen molar-refractivity contribution in [3.8, 4) is 0 Å². The van der Waals surface area contributed by atoms with Crippen LogP contribution in [0, 0.1) is 13.8 Å². The summed E-state index contributed by atoms with van der Waals surface area (Å²) in [6.07, 6.45) is 6.84. The molecular weight excluding hydrogens is 414 g/mol. The SMILES string of the molecule is Cc1cc(C2CCN(C(=O)N(c3nccc4cccc(C)c34)[C@@H]3CCCCNC3)CC2)on1. The van der Waals surface area contributed by atoms with Gasteiger partial charge in [-0.15, -0.1) is 0 Å². The third-order valence-corrected chi connectivity index (χ3v) is 7.11. The van der Waals surface area contributed by atoms with Crippen LogP contribution >= 0.6 is 0 Å². The molecule has 0 saturated carbocycles. The van der Waals surface area contributed by atoms with E-state index in [-0.39, 0.29) is 12.1 Å². The van der Waals surface area contributed by atoms with Gasteiger partial charge in [0.15, 0.2) is 0 Å². The molecule has 1 atom stereocenters. The lowest BCUT2D eigenvalue weighted by Gasteiger charge is -2.38. The largest absolute Gasteiger partial charge is 0.361 e. The number of aryl methyl sites for hydroxylation is 2. The van der Waals surface area contributed by atoms with Crippen LogP contribution < -0.4 is 10.2 Å². The highest BCUT2D eigenvalue weighted by Gasteiger charge is 2.34. The Kier molecular flexibility index (Phi) is 6.31. The number of carbonyl (C=O) groups excluding carboxylic acids is 1. The summed E-state index contributed by atoms with van der Waals surface area (Å²) < 4.78 is 5.50. The van der Waals surface area contributed by atoms with Gasteiger partial charge in [0.05, 0.1) is 11.7 Å². The smallest absolute Gasteiger partial charge is 0.325 e. The first kappa shape index (κ1) is 21.9. The number of anilines is 1. The molecule has 3 aromatic rings. The number of amides is 2. The minimum Gasteiger partial charge on any atom is -0.361 e. The lowest BCUT2D eigenvalue weighted by molar-refractivity contribution is 0.179. The second-order valence-electron chi connectivity index (χ2n) is 9.45. The van der Waals surface area contributed by atoms with E-state index < -0.39 is 0 Å². The molecule has 0 aliphatic carbocycles. The molecule has 2 aromatic heterocycles. The molecule has 2 amide bonds. The molecule has 7 nitrogen and oxygen atoms in total. The van der Waals surface area contributed by atoms with Crippen molar-refractivity contribution >= 4 is 22.6 Å². The van der Waals surface area contributed by atoms with Gasteiger partial charge in [0.2, 0.25) is 0 Å². The molecule has 0 bridgehead atoms. The maximum Gasteiger partial charge on any atom is 0.325 e.